The molecule has 5 heteroatoms. The Labute approximate surface area is 161 Å². The molecule has 0 saturated carbocycles. The SMILES string of the molecule is CCC(C)c1ccccc1OCC(=O)NCC(=O)Nc1c(C)cccc1C. The largest absolute Gasteiger partial charge is 0.483 e. The quantitative estimate of drug-likeness (QED) is 0.741. The first-order chi connectivity index (χ1) is 12.9. The van der Waals surface area contributed by atoms with E-state index in [1.807, 2.05) is 56.3 Å². The minimum atomic E-state index is -0.328. The molecule has 5 nitrogen and oxygen atoms in total. The molecule has 0 aromatic heterocycles. The summed E-state index contributed by atoms with van der Waals surface area (Å²) in [5.74, 6) is 0.473. The molecule has 144 valence electrons. The topological polar surface area (TPSA) is 67.4 Å². The number of amides is 2. The van der Waals surface area contributed by atoms with E-state index in [4.69, 9.17) is 4.74 Å². The molecule has 2 N–H and O–H groups in total. The summed E-state index contributed by atoms with van der Waals surface area (Å²) in [7, 11) is 0. The van der Waals surface area contributed by atoms with Crippen molar-refractivity contribution < 1.29 is 14.3 Å². The number of aryl methyl sites for hydroxylation is 2. The van der Waals surface area contributed by atoms with E-state index in [1.165, 1.54) is 0 Å². The molecule has 0 saturated heterocycles. The number of para-hydroxylation sites is 2. The number of nitrogens with one attached hydrogen (secondary N) is 2. The van der Waals surface area contributed by atoms with Crippen molar-refractivity contribution in [3.8, 4) is 5.75 Å². The third-order valence-corrected chi connectivity index (χ3v) is 4.61. The van der Waals surface area contributed by atoms with Crippen molar-refractivity contribution in [1.82, 2.24) is 5.32 Å². The maximum absolute atomic E-state index is 12.1. The van der Waals surface area contributed by atoms with Crippen molar-refractivity contribution in [2.45, 2.75) is 40.0 Å². The van der Waals surface area contributed by atoms with E-state index >= 15 is 0 Å². The lowest BCUT2D eigenvalue weighted by Gasteiger charge is -2.15. The van der Waals surface area contributed by atoms with Crippen LogP contribution in [0.25, 0.3) is 0 Å². The molecule has 0 heterocycles. The van der Waals surface area contributed by atoms with E-state index in [9.17, 15) is 9.59 Å². The number of ether oxygens (including phenoxy) is 1. The highest BCUT2D eigenvalue weighted by molar-refractivity contribution is 5.95. The Morgan fingerprint density at radius 3 is 2.33 bits per heavy atom. The standard InChI is InChI=1S/C22H28N2O3/c1-5-15(2)18-11-6-7-12-19(18)27-14-21(26)23-13-20(25)24-22-16(3)9-8-10-17(22)4/h6-12,15H,5,13-14H2,1-4H3,(H,23,26)(H,24,25). The third kappa shape index (κ3) is 5.84. The Hall–Kier alpha value is -2.82. The first kappa shape index (κ1) is 20.5. The molecule has 0 fully saturated rings. The van der Waals surface area contributed by atoms with Crippen LogP contribution in [0.15, 0.2) is 42.5 Å². The molecule has 0 radical (unpaired) electrons. The molecule has 0 aliphatic rings. The number of hydrogen-bond acceptors (Lipinski definition) is 3. The molecule has 1 atom stereocenters. The molecular weight excluding hydrogens is 340 g/mol. The summed E-state index contributed by atoms with van der Waals surface area (Å²) in [6.45, 7) is 7.89. The second kappa shape index (κ2) is 9.76. The Bertz CT molecular complexity index is 782. The summed E-state index contributed by atoms with van der Waals surface area (Å²) in [5.41, 5.74) is 3.84. The van der Waals surface area contributed by atoms with Gasteiger partial charge in [-0.15, -0.1) is 0 Å². The Kier molecular flexibility index (Phi) is 7.41. The maximum Gasteiger partial charge on any atom is 0.258 e. The Balaban J connectivity index is 1.84. The van der Waals surface area contributed by atoms with Crippen LogP contribution in [-0.4, -0.2) is 25.0 Å². The van der Waals surface area contributed by atoms with Crippen molar-refractivity contribution in [1.29, 1.82) is 0 Å². The first-order valence-corrected chi connectivity index (χ1v) is 9.26. The van der Waals surface area contributed by atoms with Crippen LogP contribution in [0.4, 0.5) is 5.69 Å². The Morgan fingerprint density at radius 1 is 1.00 bits per heavy atom. The Morgan fingerprint density at radius 2 is 1.67 bits per heavy atom. The average molecular weight is 368 g/mol. The monoisotopic (exact) mass is 368 g/mol. The smallest absolute Gasteiger partial charge is 0.258 e. The lowest BCUT2D eigenvalue weighted by atomic mass is 9.98. The second-order valence-electron chi connectivity index (χ2n) is 6.73. The van der Waals surface area contributed by atoms with Crippen molar-refractivity contribution in [2.75, 3.05) is 18.5 Å². The number of rotatable bonds is 8. The van der Waals surface area contributed by atoms with E-state index in [2.05, 4.69) is 24.5 Å². The summed E-state index contributed by atoms with van der Waals surface area (Å²) in [6, 6.07) is 13.5. The molecule has 27 heavy (non-hydrogen) atoms. The summed E-state index contributed by atoms with van der Waals surface area (Å²) >= 11 is 0. The van der Waals surface area contributed by atoms with Crippen LogP contribution < -0.4 is 15.4 Å². The van der Waals surface area contributed by atoms with Crippen molar-refractivity contribution >= 4 is 17.5 Å². The van der Waals surface area contributed by atoms with Crippen molar-refractivity contribution in [2.24, 2.45) is 0 Å². The first-order valence-electron chi connectivity index (χ1n) is 9.26. The van der Waals surface area contributed by atoms with Crippen LogP contribution in [0.1, 0.15) is 42.9 Å². The normalized spacial score (nSPS) is 11.6. The zero-order chi connectivity index (χ0) is 19.8. The van der Waals surface area contributed by atoms with Gasteiger partial charge in [0.05, 0.1) is 6.54 Å². The van der Waals surface area contributed by atoms with Gasteiger partial charge in [-0.3, -0.25) is 9.59 Å². The van der Waals surface area contributed by atoms with Gasteiger partial charge in [0.15, 0.2) is 6.61 Å². The van der Waals surface area contributed by atoms with Gasteiger partial charge in [-0.2, -0.15) is 0 Å². The third-order valence-electron chi connectivity index (χ3n) is 4.61. The van der Waals surface area contributed by atoms with Crippen molar-refractivity contribution in [3.63, 3.8) is 0 Å². The van der Waals surface area contributed by atoms with E-state index < -0.39 is 0 Å². The molecule has 0 aliphatic heterocycles. The van der Waals surface area contributed by atoms with E-state index in [0.717, 1.165) is 28.8 Å². The second-order valence-corrected chi connectivity index (χ2v) is 6.73. The van der Waals surface area contributed by atoms with Crippen LogP contribution in [0, 0.1) is 13.8 Å². The molecule has 0 spiro atoms. The predicted octanol–water partition coefficient (Wildman–Crippen LogP) is 3.95. The van der Waals surface area contributed by atoms with Gasteiger partial charge < -0.3 is 15.4 Å². The fourth-order valence-corrected chi connectivity index (χ4v) is 2.81. The van der Waals surface area contributed by atoms with Crippen LogP contribution in [0.3, 0.4) is 0 Å². The van der Waals surface area contributed by atoms with E-state index in [1.54, 1.807) is 0 Å². The van der Waals surface area contributed by atoms with Gasteiger partial charge in [0.25, 0.3) is 5.91 Å². The molecule has 2 rings (SSSR count). The molecule has 2 aromatic rings. The van der Waals surface area contributed by atoms with Crippen LogP contribution in [-0.2, 0) is 9.59 Å². The van der Waals surface area contributed by atoms with E-state index in [-0.39, 0.29) is 25.0 Å². The zero-order valence-corrected chi connectivity index (χ0v) is 16.5. The zero-order valence-electron chi connectivity index (χ0n) is 16.5. The average Bonchev–Trinajstić information content (AvgIpc) is 2.67. The van der Waals surface area contributed by atoms with Gasteiger partial charge in [-0.05, 0) is 48.9 Å². The highest BCUT2D eigenvalue weighted by Gasteiger charge is 2.12. The van der Waals surface area contributed by atoms with Gasteiger partial charge in [0, 0.05) is 5.69 Å². The molecule has 1 unspecified atom stereocenters. The number of anilines is 1. The van der Waals surface area contributed by atoms with E-state index in [0.29, 0.717) is 11.7 Å². The number of benzene rings is 2. The van der Waals surface area contributed by atoms with Gasteiger partial charge in [0.1, 0.15) is 5.75 Å². The summed E-state index contributed by atoms with van der Waals surface area (Å²) in [5, 5.41) is 5.44. The fourth-order valence-electron chi connectivity index (χ4n) is 2.81. The molecule has 0 bridgehead atoms. The predicted molar refractivity (Wildman–Crippen MR) is 108 cm³/mol. The summed E-state index contributed by atoms with van der Waals surface area (Å²) in [6.07, 6.45) is 0.991. The molecule has 0 aliphatic carbocycles. The van der Waals surface area contributed by atoms with Crippen LogP contribution in [0.5, 0.6) is 5.75 Å². The molecule has 2 amide bonds. The highest BCUT2D eigenvalue weighted by Crippen LogP contribution is 2.28. The maximum atomic E-state index is 12.1. The summed E-state index contributed by atoms with van der Waals surface area (Å²) in [4.78, 5) is 24.2. The van der Waals surface area contributed by atoms with Gasteiger partial charge in [-0.25, -0.2) is 0 Å². The van der Waals surface area contributed by atoms with Crippen molar-refractivity contribution in [3.05, 3.63) is 59.2 Å². The van der Waals surface area contributed by atoms with Crippen LogP contribution >= 0.6 is 0 Å². The number of hydrogen-bond donors (Lipinski definition) is 2. The molecule has 2 aromatic carbocycles. The number of carbonyl (C=O) groups excluding carboxylic acids is 2. The van der Waals surface area contributed by atoms with Gasteiger partial charge in [0.2, 0.25) is 5.91 Å². The minimum absolute atomic E-state index is 0.0943. The van der Waals surface area contributed by atoms with Gasteiger partial charge >= 0.3 is 0 Å². The molecular formula is C22H28N2O3. The van der Waals surface area contributed by atoms with Gasteiger partial charge in [-0.1, -0.05) is 50.2 Å². The van der Waals surface area contributed by atoms with Crippen LogP contribution in [0.2, 0.25) is 0 Å². The summed E-state index contributed by atoms with van der Waals surface area (Å²) < 4.78 is 5.67. The lowest BCUT2D eigenvalue weighted by molar-refractivity contribution is -0.125. The number of carbonyl (C=O) groups is 2. The lowest BCUT2D eigenvalue weighted by Crippen LogP contribution is -2.36. The minimum Gasteiger partial charge on any atom is -0.483 e. The fraction of sp³-hybridized carbons (Fsp3) is 0.364. The highest BCUT2D eigenvalue weighted by atomic mass is 16.5.